The van der Waals surface area contributed by atoms with Crippen molar-refractivity contribution in [1.29, 1.82) is 0 Å². The van der Waals surface area contributed by atoms with Crippen LogP contribution in [-0.2, 0) is 14.3 Å². The van der Waals surface area contributed by atoms with E-state index in [2.05, 4.69) is 10.1 Å². The second-order valence-corrected chi connectivity index (χ2v) is 4.72. The average Bonchev–Trinajstić information content (AvgIpc) is 2.92. The lowest BCUT2D eigenvalue weighted by Gasteiger charge is -2.17. The first-order valence-corrected chi connectivity index (χ1v) is 6.61. The first-order valence-electron chi connectivity index (χ1n) is 6.61. The predicted octanol–water partition coefficient (Wildman–Crippen LogP) is 1.34. The molecule has 6 heteroatoms. The lowest BCUT2D eigenvalue weighted by Crippen LogP contribution is -2.36. The summed E-state index contributed by atoms with van der Waals surface area (Å²) in [5.74, 6) is 0.426. The van der Waals surface area contributed by atoms with Crippen LogP contribution in [-0.4, -0.2) is 44.0 Å². The Morgan fingerprint density at radius 2 is 2.25 bits per heavy atom. The van der Waals surface area contributed by atoms with Crippen LogP contribution < -0.4 is 5.32 Å². The van der Waals surface area contributed by atoms with Crippen molar-refractivity contribution in [3.63, 3.8) is 0 Å². The van der Waals surface area contributed by atoms with E-state index >= 15 is 0 Å². The van der Waals surface area contributed by atoms with Gasteiger partial charge < -0.3 is 14.5 Å². The predicted molar refractivity (Wildman–Crippen MR) is 74.0 cm³/mol. The molecule has 1 aromatic rings. The molecular formula is C14H22N2O4. The SMILES string of the molecule is COC(=O)CCCN(C)CC(=O)NC(C)c1ccco1. The molecule has 0 spiro atoms. The molecular weight excluding hydrogens is 260 g/mol. The normalized spacial score (nSPS) is 12.2. The minimum absolute atomic E-state index is 0.0746. The molecule has 0 aromatic carbocycles. The van der Waals surface area contributed by atoms with Gasteiger partial charge in [0.1, 0.15) is 5.76 Å². The summed E-state index contributed by atoms with van der Waals surface area (Å²) in [4.78, 5) is 24.7. The lowest BCUT2D eigenvalue weighted by atomic mass is 10.2. The third-order valence-electron chi connectivity index (χ3n) is 2.91. The number of esters is 1. The number of hydrogen-bond donors (Lipinski definition) is 1. The number of likely N-dealkylation sites (N-methyl/N-ethyl adjacent to an activating group) is 1. The second-order valence-electron chi connectivity index (χ2n) is 4.72. The van der Waals surface area contributed by atoms with Gasteiger partial charge in [-0.2, -0.15) is 0 Å². The van der Waals surface area contributed by atoms with Gasteiger partial charge in [-0.1, -0.05) is 0 Å². The number of carbonyl (C=O) groups is 2. The third-order valence-corrected chi connectivity index (χ3v) is 2.91. The quantitative estimate of drug-likeness (QED) is 0.729. The number of amides is 1. The number of methoxy groups -OCH3 is 1. The van der Waals surface area contributed by atoms with E-state index in [1.54, 1.807) is 12.3 Å². The minimum Gasteiger partial charge on any atom is -0.469 e. The minimum atomic E-state index is -0.228. The van der Waals surface area contributed by atoms with Gasteiger partial charge in [0, 0.05) is 6.42 Å². The standard InChI is InChI=1S/C14H22N2O4/c1-11(12-6-5-9-20-12)15-13(17)10-16(2)8-4-7-14(18)19-3/h5-6,9,11H,4,7-8,10H2,1-3H3,(H,15,17). The van der Waals surface area contributed by atoms with Gasteiger partial charge in [0.05, 0.1) is 26.0 Å². The van der Waals surface area contributed by atoms with Crippen molar-refractivity contribution in [3.05, 3.63) is 24.2 Å². The number of nitrogens with zero attached hydrogens (tertiary/aromatic N) is 1. The molecule has 0 radical (unpaired) electrons. The molecule has 112 valence electrons. The Morgan fingerprint density at radius 1 is 1.50 bits per heavy atom. The monoisotopic (exact) mass is 282 g/mol. The lowest BCUT2D eigenvalue weighted by molar-refractivity contribution is -0.140. The summed E-state index contributed by atoms with van der Waals surface area (Å²) in [5, 5.41) is 2.86. The van der Waals surface area contributed by atoms with Crippen LogP contribution in [0.15, 0.2) is 22.8 Å². The van der Waals surface area contributed by atoms with Crippen molar-refractivity contribution >= 4 is 11.9 Å². The Balaban J connectivity index is 2.22. The number of rotatable bonds is 8. The van der Waals surface area contributed by atoms with Crippen LogP contribution >= 0.6 is 0 Å². The molecule has 6 nitrogen and oxygen atoms in total. The van der Waals surface area contributed by atoms with Gasteiger partial charge in [-0.25, -0.2) is 0 Å². The first-order chi connectivity index (χ1) is 9.52. The van der Waals surface area contributed by atoms with Crippen molar-refractivity contribution in [2.24, 2.45) is 0 Å². The van der Waals surface area contributed by atoms with Gasteiger partial charge >= 0.3 is 5.97 Å². The molecule has 1 atom stereocenters. The molecule has 0 saturated heterocycles. The summed E-state index contributed by atoms with van der Waals surface area (Å²) in [6.45, 7) is 2.82. The van der Waals surface area contributed by atoms with Crippen molar-refractivity contribution in [3.8, 4) is 0 Å². The van der Waals surface area contributed by atoms with Crippen LogP contribution in [0, 0.1) is 0 Å². The van der Waals surface area contributed by atoms with E-state index in [1.807, 2.05) is 24.9 Å². The van der Waals surface area contributed by atoms with Gasteiger partial charge in [-0.15, -0.1) is 0 Å². The van der Waals surface area contributed by atoms with E-state index in [4.69, 9.17) is 4.42 Å². The number of ether oxygens (including phenoxy) is 1. The highest BCUT2D eigenvalue weighted by atomic mass is 16.5. The van der Waals surface area contributed by atoms with E-state index in [-0.39, 0.29) is 24.5 Å². The highest BCUT2D eigenvalue weighted by Gasteiger charge is 2.13. The summed E-state index contributed by atoms with van der Waals surface area (Å²) < 4.78 is 9.78. The van der Waals surface area contributed by atoms with Gasteiger partial charge in [-0.05, 0) is 39.1 Å². The molecule has 0 aliphatic heterocycles. The Bertz CT molecular complexity index is 417. The molecule has 1 rings (SSSR count). The van der Waals surface area contributed by atoms with Gasteiger partial charge in [0.15, 0.2) is 0 Å². The van der Waals surface area contributed by atoms with E-state index in [1.165, 1.54) is 7.11 Å². The molecule has 1 unspecified atom stereocenters. The summed E-state index contributed by atoms with van der Waals surface area (Å²) in [7, 11) is 3.21. The van der Waals surface area contributed by atoms with Crippen LogP contribution in [0.3, 0.4) is 0 Å². The Hall–Kier alpha value is -1.82. The van der Waals surface area contributed by atoms with Crippen molar-refractivity contribution < 1.29 is 18.7 Å². The van der Waals surface area contributed by atoms with Gasteiger partial charge in [-0.3, -0.25) is 14.5 Å². The number of carbonyl (C=O) groups excluding carboxylic acids is 2. The fraction of sp³-hybridized carbons (Fsp3) is 0.571. The summed E-state index contributed by atoms with van der Waals surface area (Å²) >= 11 is 0. The fourth-order valence-electron chi connectivity index (χ4n) is 1.82. The summed E-state index contributed by atoms with van der Waals surface area (Å²) in [6, 6.07) is 3.46. The number of nitrogens with one attached hydrogen (secondary N) is 1. The molecule has 1 aromatic heterocycles. The van der Waals surface area contributed by atoms with E-state index in [0.717, 1.165) is 5.76 Å². The smallest absolute Gasteiger partial charge is 0.305 e. The molecule has 1 amide bonds. The zero-order valence-corrected chi connectivity index (χ0v) is 12.2. The maximum Gasteiger partial charge on any atom is 0.305 e. The largest absolute Gasteiger partial charge is 0.469 e. The maximum atomic E-state index is 11.8. The number of hydrogen-bond acceptors (Lipinski definition) is 5. The maximum absolute atomic E-state index is 11.8. The molecule has 0 aliphatic rings. The van der Waals surface area contributed by atoms with E-state index in [0.29, 0.717) is 19.4 Å². The van der Waals surface area contributed by atoms with Crippen LogP contribution in [0.1, 0.15) is 31.6 Å². The van der Waals surface area contributed by atoms with Crippen LogP contribution in [0.5, 0.6) is 0 Å². The summed E-state index contributed by atoms with van der Waals surface area (Å²) in [6.07, 6.45) is 2.62. The molecule has 20 heavy (non-hydrogen) atoms. The zero-order chi connectivity index (χ0) is 15.0. The molecule has 0 bridgehead atoms. The van der Waals surface area contributed by atoms with Crippen LogP contribution in [0.2, 0.25) is 0 Å². The van der Waals surface area contributed by atoms with Crippen molar-refractivity contribution in [1.82, 2.24) is 10.2 Å². The fourth-order valence-corrected chi connectivity index (χ4v) is 1.82. The van der Waals surface area contributed by atoms with Crippen LogP contribution in [0.4, 0.5) is 0 Å². The average molecular weight is 282 g/mol. The van der Waals surface area contributed by atoms with E-state index < -0.39 is 0 Å². The second kappa shape index (κ2) is 8.37. The Morgan fingerprint density at radius 3 is 2.85 bits per heavy atom. The van der Waals surface area contributed by atoms with E-state index in [9.17, 15) is 9.59 Å². The Labute approximate surface area is 119 Å². The molecule has 0 saturated carbocycles. The van der Waals surface area contributed by atoms with Gasteiger partial charge in [0.25, 0.3) is 0 Å². The topological polar surface area (TPSA) is 71.8 Å². The zero-order valence-electron chi connectivity index (χ0n) is 12.2. The molecule has 0 fully saturated rings. The Kier molecular flexibility index (Phi) is 6.79. The van der Waals surface area contributed by atoms with Gasteiger partial charge in [0.2, 0.25) is 5.91 Å². The van der Waals surface area contributed by atoms with Crippen molar-refractivity contribution in [2.45, 2.75) is 25.8 Å². The number of furan rings is 1. The highest BCUT2D eigenvalue weighted by Crippen LogP contribution is 2.11. The van der Waals surface area contributed by atoms with Crippen LogP contribution in [0.25, 0.3) is 0 Å². The third kappa shape index (κ3) is 5.88. The highest BCUT2D eigenvalue weighted by molar-refractivity contribution is 5.78. The van der Waals surface area contributed by atoms with Crippen molar-refractivity contribution in [2.75, 3.05) is 27.2 Å². The molecule has 1 N–H and O–H groups in total. The first kappa shape index (κ1) is 16.2. The molecule has 1 heterocycles. The molecule has 0 aliphatic carbocycles. The summed E-state index contributed by atoms with van der Waals surface area (Å²) in [5.41, 5.74) is 0.